The molecule has 116 valence electrons. The van der Waals surface area contributed by atoms with E-state index in [0.717, 1.165) is 16.5 Å². The zero-order chi connectivity index (χ0) is 16.2. The number of rotatable bonds is 4. The first-order valence-electron chi connectivity index (χ1n) is 7.14. The molecule has 0 atom stereocenters. The van der Waals surface area contributed by atoms with Gasteiger partial charge in [-0.05, 0) is 36.1 Å². The van der Waals surface area contributed by atoms with Crippen molar-refractivity contribution in [1.29, 1.82) is 0 Å². The number of fused-ring (bicyclic) bond motifs is 1. The summed E-state index contributed by atoms with van der Waals surface area (Å²) in [6, 6.07) is 17.2. The van der Waals surface area contributed by atoms with E-state index in [1.165, 1.54) is 4.90 Å². The van der Waals surface area contributed by atoms with Crippen molar-refractivity contribution in [1.82, 2.24) is 10.3 Å². The van der Waals surface area contributed by atoms with Gasteiger partial charge in [-0.15, -0.1) is 11.8 Å². The molecular formula is C18H15ClN2OS. The fourth-order valence-corrected chi connectivity index (χ4v) is 2.96. The van der Waals surface area contributed by atoms with Gasteiger partial charge in [0.2, 0.25) is 0 Å². The Labute approximate surface area is 144 Å². The van der Waals surface area contributed by atoms with E-state index in [9.17, 15) is 4.79 Å². The van der Waals surface area contributed by atoms with Crippen LogP contribution in [0.3, 0.4) is 0 Å². The van der Waals surface area contributed by atoms with Gasteiger partial charge in [0.25, 0.3) is 5.91 Å². The molecule has 1 N–H and O–H groups in total. The number of nitrogens with zero attached hydrogens (tertiary/aromatic N) is 1. The summed E-state index contributed by atoms with van der Waals surface area (Å²) in [4.78, 5) is 17.9. The van der Waals surface area contributed by atoms with Crippen LogP contribution in [0, 0.1) is 0 Å². The molecule has 23 heavy (non-hydrogen) atoms. The molecule has 1 aromatic heterocycles. The van der Waals surface area contributed by atoms with Gasteiger partial charge >= 0.3 is 0 Å². The molecule has 0 radical (unpaired) electrons. The standard InChI is InChI=1S/C18H15ClN2OS/c1-23-13-8-6-12(7-9-13)11-20-18(22)15-10-17(19)21-16-5-3-2-4-14(15)16/h2-10H,11H2,1H3,(H,20,22). The molecule has 0 saturated heterocycles. The van der Waals surface area contributed by atoms with Gasteiger partial charge in [0, 0.05) is 16.8 Å². The lowest BCUT2D eigenvalue weighted by Crippen LogP contribution is -2.23. The van der Waals surface area contributed by atoms with Gasteiger partial charge in [-0.1, -0.05) is 41.9 Å². The third-order valence-corrected chi connectivity index (χ3v) is 4.48. The van der Waals surface area contributed by atoms with Crippen LogP contribution in [0.4, 0.5) is 0 Å². The van der Waals surface area contributed by atoms with E-state index in [4.69, 9.17) is 11.6 Å². The van der Waals surface area contributed by atoms with Crippen LogP contribution < -0.4 is 5.32 Å². The third kappa shape index (κ3) is 3.66. The van der Waals surface area contributed by atoms with Crippen LogP contribution in [0.25, 0.3) is 10.9 Å². The maximum Gasteiger partial charge on any atom is 0.252 e. The number of hydrogen-bond acceptors (Lipinski definition) is 3. The van der Waals surface area contributed by atoms with Crippen molar-refractivity contribution >= 4 is 40.2 Å². The molecule has 3 aromatic rings. The number of para-hydroxylation sites is 1. The number of nitrogens with one attached hydrogen (secondary N) is 1. The normalized spacial score (nSPS) is 10.7. The molecule has 0 saturated carbocycles. The Balaban J connectivity index is 1.80. The van der Waals surface area contributed by atoms with Crippen LogP contribution >= 0.6 is 23.4 Å². The highest BCUT2D eigenvalue weighted by molar-refractivity contribution is 7.98. The van der Waals surface area contributed by atoms with Crippen molar-refractivity contribution in [3.05, 3.63) is 70.9 Å². The number of halogens is 1. The molecule has 3 rings (SSSR count). The molecule has 1 amide bonds. The largest absolute Gasteiger partial charge is 0.348 e. The highest BCUT2D eigenvalue weighted by atomic mass is 35.5. The zero-order valence-electron chi connectivity index (χ0n) is 12.5. The van der Waals surface area contributed by atoms with Crippen molar-refractivity contribution in [2.24, 2.45) is 0 Å². The van der Waals surface area contributed by atoms with E-state index < -0.39 is 0 Å². The summed E-state index contributed by atoms with van der Waals surface area (Å²) in [5.41, 5.74) is 2.32. The van der Waals surface area contributed by atoms with Crippen molar-refractivity contribution < 1.29 is 4.79 Å². The van der Waals surface area contributed by atoms with Crippen LogP contribution in [-0.2, 0) is 6.54 Å². The van der Waals surface area contributed by atoms with Crippen LogP contribution in [-0.4, -0.2) is 17.1 Å². The van der Waals surface area contributed by atoms with Crippen LogP contribution in [0.1, 0.15) is 15.9 Å². The second-order valence-corrected chi connectivity index (χ2v) is 6.31. The van der Waals surface area contributed by atoms with E-state index in [0.29, 0.717) is 17.3 Å². The number of hydrogen-bond donors (Lipinski definition) is 1. The number of carbonyl (C=O) groups is 1. The number of aromatic nitrogens is 1. The summed E-state index contributed by atoms with van der Waals surface area (Å²) in [6.07, 6.45) is 2.04. The Morgan fingerprint density at radius 3 is 2.65 bits per heavy atom. The monoisotopic (exact) mass is 342 g/mol. The number of benzene rings is 2. The predicted molar refractivity (Wildman–Crippen MR) is 96.1 cm³/mol. The number of thioether (sulfide) groups is 1. The van der Waals surface area contributed by atoms with Gasteiger partial charge in [-0.3, -0.25) is 4.79 Å². The molecule has 0 spiro atoms. The minimum atomic E-state index is -0.153. The molecule has 3 nitrogen and oxygen atoms in total. The van der Waals surface area contributed by atoms with Crippen molar-refractivity contribution in [3.63, 3.8) is 0 Å². The van der Waals surface area contributed by atoms with Crippen LogP contribution in [0.5, 0.6) is 0 Å². The fraction of sp³-hybridized carbons (Fsp3) is 0.111. The summed E-state index contributed by atoms with van der Waals surface area (Å²) < 4.78 is 0. The van der Waals surface area contributed by atoms with Gasteiger partial charge < -0.3 is 5.32 Å². The van der Waals surface area contributed by atoms with E-state index >= 15 is 0 Å². The molecule has 0 aliphatic carbocycles. The minimum Gasteiger partial charge on any atom is -0.348 e. The molecule has 1 heterocycles. The second kappa shape index (κ2) is 7.02. The van der Waals surface area contributed by atoms with E-state index in [-0.39, 0.29) is 5.91 Å². The lowest BCUT2D eigenvalue weighted by Gasteiger charge is -2.09. The lowest BCUT2D eigenvalue weighted by molar-refractivity contribution is 0.0952. The van der Waals surface area contributed by atoms with Gasteiger partial charge in [0.15, 0.2) is 0 Å². The third-order valence-electron chi connectivity index (χ3n) is 3.54. The summed E-state index contributed by atoms with van der Waals surface area (Å²) in [5.74, 6) is -0.153. The number of carbonyl (C=O) groups excluding carboxylic acids is 1. The summed E-state index contributed by atoms with van der Waals surface area (Å²) >= 11 is 7.72. The molecule has 0 fully saturated rings. The quantitative estimate of drug-likeness (QED) is 0.559. The van der Waals surface area contributed by atoms with E-state index in [1.807, 2.05) is 54.8 Å². The number of pyridine rings is 1. The number of amides is 1. The lowest BCUT2D eigenvalue weighted by atomic mass is 10.1. The fourth-order valence-electron chi connectivity index (χ4n) is 2.35. The van der Waals surface area contributed by atoms with E-state index in [2.05, 4.69) is 10.3 Å². The van der Waals surface area contributed by atoms with Gasteiger partial charge in [0.05, 0.1) is 11.1 Å². The maximum absolute atomic E-state index is 12.5. The minimum absolute atomic E-state index is 0.153. The topological polar surface area (TPSA) is 42.0 Å². The first-order chi connectivity index (χ1) is 11.2. The molecule has 0 unspecified atom stereocenters. The zero-order valence-corrected chi connectivity index (χ0v) is 14.1. The van der Waals surface area contributed by atoms with Crippen molar-refractivity contribution in [2.75, 3.05) is 6.26 Å². The highest BCUT2D eigenvalue weighted by Crippen LogP contribution is 2.21. The molecule has 0 aliphatic rings. The Bertz CT molecular complexity index is 849. The summed E-state index contributed by atoms with van der Waals surface area (Å²) in [7, 11) is 0. The smallest absolute Gasteiger partial charge is 0.252 e. The molecule has 0 bridgehead atoms. The van der Waals surface area contributed by atoms with E-state index in [1.54, 1.807) is 17.8 Å². The van der Waals surface area contributed by atoms with Gasteiger partial charge in [0.1, 0.15) is 5.15 Å². The average molecular weight is 343 g/mol. The first-order valence-corrected chi connectivity index (χ1v) is 8.74. The summed E-state index contributed by atoms with van der Waals surface area (Å²) in [6.45, 7) is 0.474. The SMILES string of the molecule is CSc1ccc(CNC(=O)c2cc(Cl)nc3ccccc23)cc1. The Morgan fingerprint density at radius 2 is 1.91 bits per heavy atom. The Kier molecular flexibility index (Phi) is 4.84. The van der Waals surface area contributed by atoms with Crippen LogP contribution in [0.15, 0.2) is 59.5 Å². The van der Waals surface area contributed by atoms with Crippen molar-refractivity contribution in [3.8, 4) is 0 Å². The molecule has 5 heteroatoms. The Hall–Kier alpha value is -2.04. The molecular weight excluding hydrogens is 328 g/mol. The maximum atomic E-state index is 12.5. The predicted octanol–water partition coefficient (Wildman–Crippen LogP) is 4.54. The van der Waals surface area contributed by atoms with Crippen LogP contribution in [0.2, 0.25) is 5.15 Å². The first kappa shape index (κ1) is 15.8. The molecule has 2 aromatic carbocycles. The van der Waals surface area contributed by atoms with Crippen molar-refractivity contribution in [2.45, 2.75) is 11.4 Å². The molecule has 0 aliphatic heterocycles. The highest BCUT2D eigenvalue weighted by Gasteiger charge is 2.12. The van der Waals surface area contributed by atoms with Gasteiger partial charge in [-0.25, -0.2) is 4.98 Å². The van der Waals surface area contributed by atoms with Gasteiger partial charge in [-0.2, -0.15) is 0 Å². The average Bonchev–Trinajstić information content (AvgIpc) is 2.59. The second-order valence-electron chi connectivity index (χ2n) is 5.04. The summed E-state index contributed by atoms with van der Waals surface area (Å²) in [5, 5.41) is 4.06. The Morgan fingerprint density at radius 1 is 1.17 bits per heavy atom.